The van der Waals surface area contributed by atoms with Gasteiger partial charge >= 0.3 is 41.5 Å². The molecule has 16 heavy (non-hydrogen) atoms. The zero-order chi connectivity index (χ0) is 11.7. The molecule has 0 atom stereocenters. The van der Waals surface area contributed by atoms with Crippen LogP contribution in [0.25, 0.3) is 0 Å². The van der Waals surface area contributed by atoms with Crippen LogP contribution in [0.5, 0.6) is 0 Å². The average Bonchev–Trinajstić information content (AvgIpc) is 2.12. The van der Waals surface area contributed by atoms with Gasteiger partial charge in [-0.3, -0.25) is 4.79 Å². The van der Waals surface area contributed by atoms with Crippen LogP contribution in [-0.2, 0) is 14.3 Å². The molecule has 0 aliphatic heterocycles. The molecule has 0 aliphatic rings. The molecule has 0 aromatic heterocycles. The van der Waals surface area contributed by atoms with E-state index in [1.165, 1.54) is 6.08 Å². The van der Waals surface area contributed by atoms with E-state index in [1.807, 2.05) is 0 Å². The summed E-state index contributed by atoms with van der Waals surface area (Å²) >= 11 is 0. The Morgan fingerprint density at radius 3 is 2.62 bits per heavy atom. The molecule has 88 valence electrons. The van der Waals surface area contributed by atoms with Gasteiger partial charge in [0.2, 0.25) is 0 Å². The number of ether oxygens (including phenoxy) is 1. The number of rotatable bonds is 7. The number of carbonyl (C=O) groups excluding carboxylic acids is 1. The van der Waals surface area contributed by atoms with Crippen molar-refractivity contribution in [3.63, 3.8) is 0 Å². The number of esters is 1. The quantitative estimate of drug-likeness (QED) is 0.233. The second-order valence-electron chi connectivity index (χ2n) is 3.00. The molecule has 0 spiro atoms. The van der Waals surface area contributed by atoms with Gasteiger partial charge in [0, 0.05) is 24.7 Å². The standard InChI is InChI=1S/C10H17NO4.Na.H/c1-3-15-10(14)7-8(2)11-6-4-5-9(12)13;;/h7,11H,3-6H2,1-2H3,(H,12,13);;/q;+1;-1. The Morgan fingerprint density at radius 2 is 2.12 bits per heavy atom. The summed E-state index contributed by atoms with van der Waals surface area (Å²) in [6, 6.07) is 0. The Balaban J connectivity index is -0.000000980. The minimum atomic E-state index is -0.816. The summed E-state index contributed by atoms with van der Waals surface area (Å²) in [5.41, 5.74) is 0.679. The van der Waals surface area contributed by atoms with Gasteiger partial charge in [-0.1, -0.05) is 0 Å². The Bertz CT molecular complexity index is 259. The van der Waals surface area contributed by atoms with E-state index < -0.39 is 5.97 Å². The summed E-state index contributed by atoms with van der Waals surface area (Å²) in [5.74, 6) is -1.20. The van der Waals surface area contributed by atoms with Crippen molar-refractivity contribution in [2.75, 3.05) is 13.2 Å². The van der Waals surface area contributed by atoms with Crippen LogP contribution in [0.15, 0.2) is 11.8 Å². The zero-order valence-corrected chi connectivity index (χ0v) is 12.1. The van der Waals surface area contributed by atoms with Crippen LogP contribution in [0.2, 0.25) is 0 Å². The van der Waals surface area contributed by atoms with E-state index in [4.69, 9.17) is 9.84 Å². The molecule has 0 saturated carbocycles. The van der Waals surface area contributed by atoms with Gasteiger partial charge in [0.1, 0.15) is 0 Å². The van der Waals surface area contributed by atoms with Crippen molar-refractivity contribution in [3.05, 3.63) is 11.8 Å². The van der Waals surface area contributed by atoms with Gasteiger partial charge in [0.15, 0.2) is 0 Å². The van der Waals surface area contributed by atoms with Crippen molar-refractivity contribution in [2.45, 2.75) is 26.7 Å². The molecule has 2 N–H and O–H groups in total. The maximum Gasteiger partial charge on any atom is 1.00 e. The van der Waals surface area contributed by atoms with E-state index in [0.717, 1.165) is 0 Å². The van der Waals surface area contributed by atoms with E-state index in [0.29, 0.717) is 25.3 Å². The Kier molecular flexibility index (Phi) is 12.3. The normalized spacial score (nSPS) is 10.2. The first-order chi connectivity index (χ1) is 7.06. The first-order valence-corrected chi connectivity index (χ1v) is 4.87. The van der Waals surface area contributed by atoms with Crippen molar-refractivity contribution in [3.8, 4) is 0 Å². The third-order valence-corrected chi connectivity index (χ3v) is 1.59. The van der Waals surface area contributed by atoms with Crippen molar-refractivity contribution < 1.29 is 50.4 Å². The third-order valence-electron chi connectivity index (χ3n) is 1.59. The molecule has 0 rings (SSSR count). The van der Waals surface area contributed by atoms with Gasteiger partial charge in [-0.15, -0.1) is 0 Å². The molecule has 0 radical (unpaired) electrons. The van der Waals surface area contributed by atoms with E-state index in [9.17, 15) is 9.59 Å². The fourth-order valence-electron chi connectivity index (χ4n) is 0.937. The molecule has 5 nitrogen and oxygen atoms in total. The Morgan fingerprint density at radius 1 is 1.50 bits per heavy atom. The van der Waals surface area contributed by atoms with Crippen molar-refractivity contribution >= 4 is 11.9 Å². The minimum Gasteiger partial charge on any atom is -1.00 e. The van der Waals surface area contributed by atoms with Gasteiger partial charge in [0.05, 0.1) is 6.61 Å². The van der Waals surface area contributed by atoms with Crippen LogP contribution in [0.3, 0.4) is 0 Å². The number of nitrogens with one attached hydrogen (secondary N) is 1. The molecule has 0 amide bonds. The van der Waals surface area contributed by atoms with Crippen molar-refractivity contribution in [1.29, 1.82) is 0 Å². The maximum absolute atomic E-state index is 11.0. The Hall–Kier alpha value is -0.520. The molecular weight excluding hydrogens is 221 g/mol. The fraction of sp³-hybridized carbons (Fsp3) is 0.600. The SMILES string of the molecule is CCOC(=O)C=C(C)NCCCC(=O)O.[H-].[Na+]. The predicted octanol–water partition coefficient (Wildman–Crippen LogP) is -1.98. The molecule has 6 heteroatoms. The molecule has 0 aliphatic carbocycles. The van der Waals surface area contributed by atoms with E-state index in [-0.39, 0.29) is 43.4 Å². The van der Waals surface area contributed by atoms with Crippen LogP contribution < -0.4 is 34.9 Å². The number of carbonyl (C=O) groups is 2. The van der Waals surface area contributed by atoms with Crippen molar-refractivity contribution in [1.82, 2.24) is 5.32 Å². The van der Waals surface area contributed by atoms with Crippen LogP contribution >= 0.6 is 0 Å². The van der Waals surface area contributed by atoms with Crippen molar-refractivity contribution in [2.24, 2.45) is 0 Å². The summed E-state index contributed by atoms with van der Waals surface area (Å²) in [6.07, 6.45) is 2.01. The summed E-state index contributed by atoms with van der Waals surface area (Å²) in [4.78, 5) is 21.2. The summed E-state index contributed by atoms with van der Waals surface area (Å²) < 4.78 is 4.71. The maximum atomic E-state index is 11.0. The molecule has 0 fully saturated rings. The predicted molar refractivity (Wildman–Crippen MR) is 56.4 cm³/mol. The largest absolute Gasteiger partial charge is 1.00 e. The first-order valence-electron chi connectivity index (χ1n) is 4.87. The second-order valence-corrected chi connectivity index (χ2v) is 3.00. The first kappa shape index (κ1) is 17.9. The molecular formula is C10H18NNaO4. The van der Waals surface area contributed by atoms with Crippen LogP contribution in [0.1, 0.15) is 28.1 Å². The number of aliphatic carboxylic acids is 1. The van der Waals surface area contributed by atoms with Crippen LogP contribution in [0, 0.1) is 0 Å². The number of carboxylic acid groups (broad SMARTS) is 1. The molecule has 0 heterocycles. The summed E-state index contributed by atoms with van der Waals surface area (Å²) in [7, 11) is 0. The smallest absolute Gasteiger partial charge is 1.00 e. The van der Waals surface area contributed by atoms with Gasteiger partial charge in [-0.05, 0) is 20.3 Å². The number of hydrogen-bond acceptors (Lipinski definition) is 4. The zero-order valence-electron chi connectivity index (χ0n) is 11.1. The van der Waals surface area contributed by atoms with Gasteiger partial charge in [-0.2, -0.15) is 0 Å². The third kappa shape index (κ3) is 11.6. The molecule has 0 aromatic carbocycles. The number of hydrogen-bond donors (Lipinski definition) is 2. The topological polar surface area (TPSA) is 75.6 Å². The average molecular weight is 239 g/mol. The fourth-order valence-corrected chi connectivity index (χ4v) is 0.937. The van der Waals surface area contributed by atoms with Gasteiger partial charge < -0.3 is 16.6 Å². The van der Waals surface area contributed by atoms with Gasteiger partial charge in [0.25, 0.3) is 0 Å². The Labute approximate surface area is 119 Å². The van der Waals surface area contributed by atoms with Crippen LogP contribution in [0.4, 0.5) is 0 Å². The molecule has 0 bridgehead atoms. The minimum absolute atomic E-state index is 0. The second kappa shape index (κ2) is 11.0. The van der Waals surface area contributed by atoms with E-state index in [1.54, 1.807) is 13.8 Å². The van der Waals surface area contributed by atoms with Crippen LogP contribution in [-0.4, -0.2) is 30.2 Å². The van der Waals surface area contributed by atoms with E-state index in [2.05, 4.69) is 5.32 Å². The molecule has 0 aromatic rings. The summed E-state index contributed by atoms with van der Waals surface area (Å²) in [5, 5.41) is 11.3. The molecule has 0 saturated heterocycles. The van der Waals surface area contributed by atoms with E-state index >= 15 is 0 Å². The number of allylic oxidation sites excluding steroid dienone is 1. The number of carboxylic acids is 1. The summed E-state index contributed by atoms with van der Waals surface area (Å²) in [6.45, 7) is 4.36. The van der Waals surface area contributed by atoms with Gasteiger partial charge in [-0.25, -0.2) is 4.79 Å². The molecule has 0 unspecified atom stereocenters. The monoisotopic (exact) mass is 239 g/mol.